The molecular weight excluding hydrogens is 194 g/mol. The number of anilines is 2. The van der Waals surface area contributed by atoms with Gasteiger partial charge in [0.1, 0.15) is 5.82 Å². The van der Waals surface area contributed by atoms with Crippen molar-refractivity contribution in [2.75, 3.05) is 37.9 Å². The molecule has 0 spiro atoms. The van der Waals surface area contributed by atoms with Gasteiger partial charge in [-0.15, -0.1) is 0 Å². The fourth-order valence-electron chi connectivity index (χ4n) is 1.31. The molecule has 1 rings (SSSR count). The van der Waals surface area contributed by atoms with Gasteiger partial charge in [-0.25, -0.2) is 4.68 Å². The molecule has 6 heteroatoms. The lowest BCUT2D eigenvalue weighted by molar-refractivity contribution is 0.189. The van der Waals surface area contributed by atoms with Gasteiger partial charge in [-0.1, -0.05) is 0 Å². The summed E-state index contributed by atoms with van der Waals surface area (Å²) in [4.78, 5) is 0. The van der Waals surface area contributed by atoms with E-state index in [1.165, 1.54) is 0 Å². The van der Waals surface area contributed by atoms with Crippen LogP contribution in [0.4, 0.5) is 11.5 Å². The van der Waals surface area contributed by atoms with Crippen LogP contribution >= 0.6 is 0 Å². The minimum Gasteiger partial charge on any atom is -0.394 e. The molecule has 0 fully saturated rings. The summed E-state index contributed by atoms with van der Waals surface area (Å²) in [5.41, 5.74) is 11.8. The van der Waals surface area contributed by atoms with Gasteiger partial charge in [0.2, 0.25) is 0 Å². The van der Waals surface area contributed by atoms with E-state index in [2.05, 4.69) is 10.4 Å². The molecule has 0 amide bonds. The van der Waals surface area contributed by atoms with E-state index in [-0.39, 0.29) is 0 Å². The Bertz CT molecular complexity index is 286. The largest absolute Gasteiger partial charge is 0.394 e. The first-order valence-corrected chi connectivity index (χ1v) is 5.03. The lowest BCUT2D eigenvalue weighted by Gasteiger charge is -2.09. The Labute approximate surface area is 89.6 Å². The second-order valence-corrected chi connectivity index (χ2v) is 3.23. The third-order valence-corrected chi connectivity index (χ3v) is 2.02. The van der Waals surface area contributed by atoms with Gasteiger partial charge in [0.15, 0.2) is 0 Å². The highest BCUT2D eigenvalue weighted by Gasteiger charge is 2.06. The Hall–Kier alpha value is -1.27. The number of nitrogens with zero attached hydrogens (tertiary/aromatic N) is 2. The molecule has 0 radical (unpaired) electrons. The van der Waals surface area contributed by atoms with Crippen molar-refractivity contribution in [2.45, 2.75) is 13.0 Å². The third kappa shape index (κ3) is 3.41. The quantitative estimate of drug-likeness (QED) is 0.549. The van der Waals surface area contributed by atoms with Crippen LogP contribution < -0.4 is 16.8 Å². The van der Waals surface area contributed by atoms with Crippen LogP contribution in [-0.2, 0) is 11.3 Å². The SMILES string of the molecule is COCCCn1ncc(N)c1NCCN. The third-order valence-electron chi connectivity index (χ3n) is 2.02. The molecular formula is C9H19N5O. The van der Waals surface area contributed by atoms with Crippen molar-refractivity contribution < 1.29 is 4.74 Å². The second kappa shape index (κ2) is 6.26. The molecule has 0 aliphatic rings. The first kappa shape index (κ1) is 11.8. The van der Waals surface area contributed by atoms with Gasteiger partial charge in [-0.3, -0.25) is 0 Å². The van der Waals surface area contributed by atoms with Crippen LogP contribution in [-0.4, -0.2) is 36.6 Å². The molecule has 6 nitrogen and oxygen atoms in total. The Morgan fingerprint density at radius 3 is 3.07 bits per heavy atom. The lowest BCUT2D eigenvalue weighted by Crippen LogP contribution is -2.17. The number of rotatable bonds is 7. The van der Waals surface area contributed by atoms with Crippen molar-refractivity contribution in [3.8, 4) is 0 Å². The van der Waals surface area contributed by atoms with Gasteiger partial charge < -0.3 is 21.5 Å². The maximum absolute atomic E-state index is 5.77. The predicted octanol–water partition coefficient (Wildman–Crippen LogP) is -0.128. The first-order valence-electron chi connectivity index (χ1n) is 5.03. The monoisotopic (exact) mass is 213 g/mol. The average molecular weight is 213 g/mol. The van der Waals surface area contributed by atoms with Crippen LogP contribution in [0.3, 0.4) is 0 Å². The topological polar surface area (TPSA) is 91.1 Å². The second-order valence-electron chi connectivity index (χ2n) is 3.23. The normalized spacial score (nSPS) is 10.5. The number of nitrogen functional groups attached to an aromatic ring is 1. The summed E-state index contributed by atoms with van der Waals surface area (Å²) in [5, 5.41) is 7.32. The summed E-state index contributed by atoms with van der Waals surface area (Å²) < 4.78 is 6.82. The standard InChI is InChI=1S/C9H19N5O/c1-15-6-2-5-14-9(12-4-3-10)8(11)7-13-14/h7,12H,2-6,10-11H2,1H3. The van der Waals surface area contributed by atoms with Crippen LogP contribution in [0.1, 0.15) is 6.42 Å². The molecule has 1 aromatic heterocycles. The molecule has 1 heterocycles. The minimum absolute atomic E-state index is 0.572. The van der Waals surface area contributed by atoms with E-state index >= 15 is 0 Å². The molecule has 0 saturated carbocycles. The zero-order valence-corrected chi connectivity index (χ0v) is 9.07. The van der Waals surface area contributed by atoms with Gasteiger partial charge in [-0.2, -0.15) is 5.10 Å². The number of hydrogen-bond donors (Lipinski definition) is 3. The fraction of sp³-hybridized carbons (Fsp3) is 0.667. The van der Waals surface area contributed by atoms with Gasteiger partial charge in [0.05, 0.1) is 11.9 Å². The maximum atomic E-state index is 5.77. The van der Waals surface area contributed by atoms with E-state index in [1.54, 1.807) is 13.3 Å². The summed E-state index contributed by atoms with van der Waals surface area (Å²) in [7, 11) is 1.69. The van der Waals surface area contributed by atoms with E-state index in [0.717, 1.165) is 25.4 Å². The van der Waals surface area contributed by atoms with E-state index in [9.17, 15) is 0 Å². The van der Waals surface area contributed by atoms with Crippen molar-refractivity contribution in [3.63, 3.8) is 0 Å². The number of aryl methyl sites for hydroxylation is 1. The smallest absolute Gasteiger partial charge is 0.147 e. The van der Waals surface area contributed by atoms with Crippen molar-refractivity contribution >= 4 is 11.5 Å². The molecule has 0 unspecified atom stereocenters. The fourth-order valence-corrected chi connectivity index (χ4v) is 1.31. The van der Waals surface area contributed by atoms with Gasteiger partial charge in [0, 0.05) is 33.4 Å². The molecule has 5 N–H and O–H groups in total. The first-order chi connectivity index (χ1) is 7.29. The average Bonchev–Trinajstić information content (AvgIpc) is 2.58. The molecule has 0 aliphatic heterocycles. The summed E-state index contributed by atoms with van der Waals surface area (Å²) in [6, 6.07) is 0. The summed E-state index contributed by atoms with van der Waals surface area (Å²) in [6.45, 7) is 2.77. The number of aromatic nitrogens is 2. The van der Waals surface area contributed by atoms with Gasteiger partial charge in [0.25, 0.3) is 0 Å². The zero-order chi connectivity index (χ0) is 11.1. The Kier molecular flexibility index (Phi) is 4.92. The Morgan fingerprint density at radius 1 is 1.60 bits per heavy atom. The van der Waals surface area contributed by atoms with Crippen molar-refractivity contribution in [3.05, 3.63) is 6.20 Å². The molecule has 86 valence electrons. The predicted molar refractivity (Wildman–Crippen MR) is 60.7 cm³/mol. The van der Waals surface area contributed by atoms with E-state index < -0.39 is 0 Å². The summed E-state index contributed by atoms with van der Waals surface area (Å²) >= 11 is 0. The number of ether oxygens (including phenoxy) is 1. The van der Waals surface area contributed by atoms with Crippen LogP contribution in [0.5, 0.6) is 0 Å². The molecule has 0 bridgehead atoms. The molecule has 0 atom stereocenters. The summed E-state index contributed by atoms with van der Waals surface area (Å²) in [5.74, 6) is 0.844. The minimum atomic E-state index is 0.572. The van der Waals surface area contributed by atoms with Gasteiger partial charge in [-0.05, 0) is 6.42 Å². The molecule has 0 aromatic carbocycles. The molecule has 0 saturated heterocycles. The van der Waals surface area contributed by atoms with Crippen molar-refractivity contribution in [1.82, 2.24) is 9.78 Å². The number of nitrogens with one attached hydrogen (secondary N) is 1. The number of hydrogen-bond acceptors (Lipinski definition) is 5. The van der Waals surface area contributed by atoms with Crippen LogP contribution in [0.15, 0.2) is 6.20 Å². The highest BCUT2D eigenvalue weighted by molar-refractivity contribution is 5.60. The highest BCUT2D eigenvalue weighted by atomic mass is 16.5. The number of methoxy groups -OCH3 is 1. The van der Waals surface area contributed by atoms with E-state index in [4.69, 9.17) is 16.2 Å². The highest BCUT2D eigenvalue weighted by Crippen LogP contribution is 2.17. The zero-order valence-electron chi connectivity index (χ0n) is 9.07. The number of nitrogens with two attached hydrogens (primary N) is 2. The van der Waals surface area contributed by atoms with E-state index in [0.29, 0.717) is 18.8 Å². The van der Waals surface area contributed by atoms with Crippen molar-refractivity contribution in [2.24, 2.45) is 5.73 Å². The maximum Gasteiger partial charge on any atom is 0.147 e. The molecule has 15 heavy (non-hydrogen) atoms. The van der Waals surface area contributed by atoms with Crippen molar-refractivity contribution in [1.29, 1.82) is 0 Å². The molecule has 1 aromatic rings. The molecule has 0 aliphatic carbocycles. The lowest BCUT2D eigenvalue weighted by atomic mass is 10.4. The Balaban J connectivity index is 2.53. The van der Waals surface area contributed by atoms with Crippen LogP contribution in [0.2, 0.25) is 0 Å². The Morgan fingerprint density at radius 2 is 2.40 bits per heavy atom. The summed E-state index contributed by atoms with van der Waals surface area (Å²) in [6.07, 6.45) is 2.56. The van der Waals surface area contributed by atoms with E-state index in [1.807, 2.05) is 4.68 Å². The van der Waals surface area contributed by atoms with Gasteiger partial charge >= 0.3 is 0 Å². The van der Waals surface area contributed by atoms with Crippen LogP contribution in [0.25, 0.3) is 0 Å². The van der Waals surface area contributed by atoms with Crippen LogP contribution in [0, 0.1) is 0 Å².